The van der Waals surface area contributed by atoms with Crippen LogP contribution < -0.4 is 0 Å². The maximum absolute atomic E-state index is 3.61. The Morgan fingerprint density at radius 3 is 2.20 bits per heavy atom. The van der Waals surface area contributed by atoms with Gasteiger partial charge < -0.3 is 4.90 Å². The molecule has 2 heteroatoms. The molecule has 0 aliphatic carbocycles. The number of hydrogen-bond acceptors (Lipinski definition) is 1. The smallest absolute Gasteiger partial charge is 0.00949 e. The highest BCUT2D eigenvalue weighted by Crippen LogP contribution is 2.34. The molecule has 1 fully saturated rings. The van der Waals surface area contributed by atoms with Crippen LogP contribution in [0, 0.1) is 16.7 Å². The van der Waals surface area contributed by atoms with Crippen LogP contribution in [-0.2, 0) is 0 Å². The fraction of sp³-hybridized carbons (Fsp3) is 1.00. The third kappa shape index (κ3) is 4.07. The lowest BCUT2D eigenvalue weighted by atomic mass is 9.80. The molecule has 0 saturated carbocycles. The fourth-order valence-corrected chi connectivity index (χ4v) is 2.51. The lowest BCUT2D eigenvalue weighted by Crippen LogP contribution is -2.35. The molecule has 0 aromatic heterocycles. The average molecular weight is 276 g/mol. The van der Waals surface area contributed by atoms with Gasteiger partial charge in [0.2, 0.25) is 0 Å². The number of halogens is 1. The summed E-state index contributed by atoms with van der Waals surface area (Å²) in [4.78, 5) is 2.64. The van der Waals surface area contributed by atoms with Crippen LogP contribution in [-0.4, -0.2) is 29.9 Å². The van der Waals surface area contributed by atoms with Crippen LogP contribution in [0.25, 0.3) is 0 Å². The summed E-state index contributed by atoms with van der Waals surface area (Å²) in [7, 11) is 0. The minimum Gasteiger partial charge on any atom is -0.302 e. The molecule has 1 atom stereocenters. The summed E-state index contributed by atoms with van der Waals surface area (Å²) in [5.74, 6) is 0.878. The van der Waals surface area contributed by atoms with Gasteiger partial charge in [-0.3, -0.25) is 0 Å². The maximum Gasteiger partial charge on any atom is 0.00949 e. The van der Waals surface area contributed by atoms with E-state index in [-0.39, 0.29) is 0 Å². The molecule has 1 rings (SSSR count). The van der Waals surface area contributed by atoms with E-state index in [1.165, 1.54) is 26.1 Å². The summed E-state index contributed by atoms with van der Waals surface area (Å²) in [5, 5.41) is 1.09. The zero-order chi connectivity index (χ0) is 11.7. The summed E-state index contributed by atoms with van der Waals surface area (Å²) >= 11 is 3.61. The Kier molecular flexibility index (Phi) is 4.27. The van der Waals surface area contributed by atoms with Crippen LogP contribution in [0.15, 0.2) is 0 Å². The molecular weight excluding hydrogens is 250 g/mol. The topological polar surface area (TPSA) is 3.24 Å². The first-order chi connectivity index (χ1) is 6.74. The Morgan fingerprint density at radius 1 is 1.20 bits per heavy atom. The van der Waals surface area contributed by atoms with Crippen LogP contribution in [0.5, 0.6) is 0 Å². The minimum absolute atomic E-state index is 0.409. The van der Waals surface area contributed by atoms with Crippen LogP contribution >= 0.6 is 15.9 Å². The summed E-state index contributed by atoms with van der Waals surface area (Å²) in [6.45, 7) is 15.6. The van der Waals surface area contributed by atoms with E-state index in [2.05, 4.69) is 55.4 Å². The van der Waals surface area contributed by atoms with Gasteiger partial charge in [0.1, 0.15) is 0 Å². The molecule has 1 aliphatic rings. The zero-order valence-electron chi connectivity index (χ0n) is 10.9. The molecule has 1 aliphatic heterocycles. The van der Waals surface area contributed by atoms with Crippen molar-refractivity contribution in [3.05, 3.63) is 0 Å². The number of nitrogens with zero attached hydrogens (tertiary/aromatic N) is 1. The molecule has 90 valence electrons. The van der Waals surface area contributed by atoms with Crippen LogP contribution in [0.3, 0.4) is 0 Å². The molecule has 0 amide bonds. The molecule has 15 heavy (non-hydrogen) atoms. The second-order valence-corrected chi connectivity index (χ2v) is 7.45. The van der Waals surface area contributed by atoms with Crippen molar-refractivity contribution in [2.75, 3.05) is 25.0 Å². The first kappa shape index (κ1) is 13.5. The van der Waals surface area contributed by atoms with Crippen molar-refractivity contribution in [1.29, 1.82) is 0 Å². The van der Waals surface area contributed by atoms with Crippen LogP contribution in [0.2, 0.25) is 0 Å². The van der Waals surface area contributed by atoms with Crippen molar-refractivity contribution in [3.8, 4) is 0 Å². The first-order valence-electron chi connectivity index (χ1n) is 6.03. The SMILES string of the molecule is CC(C)(CBr)CN1CCC(C(C)(C)C)C1. The largest absolute Gasteiger partial charge is 0.302 e. The highest BCUT2D eigenvalue weighted by atomic mass is 79.9. The normalized spacial score (nSPS) is 24.8. The van der Waals surface area contributed by atoms with Gasteiger partial charge in [0.05, 0.1) is 0 Å². The third-order valence-electron chi connectivity index (χ3n) is 3.51. The van der Waals surface area contributed by atoms with E-state index in [0.717, 1.165) is 11.2 Å². The van der Waals surface area contributed by atoms with Crippen molar-refractivity contribution < 1.29 is 0 Å². The number of hydrogen-bond donors (Lipinski definition) is 0. The minimum atomic E-state index is 0.409. The zero-order valence-corrected chi connectivity index (χ0v) is 12.5. The molecule has 0 spiro atoms. The van der Waals surface area contributed by atoms with Crippen LogP contribution in [0.4, 0.5) is 0 Å². The van der Waals surface area contributed by atoms with Gasteiger partial charge in [-0.05, 0) is 29.7 Å². The molecule has 0 radical (unpaired) electrons. The van der Waals surface area contributed by atoms with Crippen LogP contribution in [0.1, 0.15) is 41.0 Å². The van der Waals surface area contributed by atoms with Gasteiger partial charge in [0.25, 0.3) is 0 Å². The standard InChI is InChI=1S/C13H26BrN/c1-12(2,3)11-6-7-15(8-11)10-13(4,5)9-14/h11H,6-10H2,1-5H3. The van der Waals surface area contributed by atoms with Gasteiger partial charge >= 0.3 is 0 Å². The first-order valence-corrected chi connectivity index (χ1v) is 7.15. The number of likely N-dealkylation sites (tertiary alicyclic amines) is 1. The summed E-state index contributed by atoms with van der Waals surface area (Å²) in [5.41, 5.74) is 0.889. The van der Waals surface area contributed by atoms with E-state index < -0.39 is 0 Å². The Bertz CT molecular complexity index is 205. The number of rotatable bonds is 3. The monoisotopic (exact) mass is 275 g/mol. The predicted octanol–water partition coefficient (Wildman–Crippen LogP) is 3.78. The van der Waals surface area contributed by atoms with E-state index in [4.69, 9.17) is 0 Å². The van der Waals surface area contributed by atoms with Crippen molar-refractivity contribution >= 4 is 15.9 Å². The Labute approximate surface area is 104 Å². The van der Waals surface area contributed by atoms with E-state index in [0.29, 0.717) is 10.8 Å². The molecule has 0 N–H and O–H groups in total. The molecule has 1 nitrogen and oxygen atoms in total. The second-order valence-electron chi connectivity index (χ2n) is 6.88. The Balaban J connectivity index is 2.44. The average Bonchev–Trinajstić information content (AvgIpc) is 2.51. The van der Waals surface area contributed by atoms with E-state index in [9.17, 15) is 0 Å². The van der Waals surface area contributed by atoms with E-state index in [1.54, 1.807) is 0 Å². The van der Waals surface area contributed by atoms with Crippen molar-refractivity contribution in [3.63, 3.8) is 0 Å². The van der Waals surface area contributed by atoms with Gasteiger partial charge in [0.15, 0.2) is 0 Å². The molecule has 0 aromatic carbocycles. The highest BCUT2D eigenvalue weighted by Gasteiger charge is 2.33. The summed E-state index contributed by atoms with van der Waals surface area (Å²) < 4.78 is 0. The molecular formula is C13H26BrN. The Hall–Kier alpha value is 0.440. The molecule has 0 bridgehead atoms. The van der Waals surface area contributed by atoms with Crippen molar-refractivity contribution in [1.82, 2.24) is 4.90 Å². The molecule has 1 unspecified atom stereocenters. The van der Waals surface area contributed by atoms with Crippen molar-refractivity contribution in [2.24, 2.45) is 16.7 Å². The Morgan fingerprint density at radius 2 is 1.80 bits per heavy atom. The fourth-order valence-electron chi connectivity index (χ4n) is 2.33. The maximum atomic E-state index is 3.61. The predicted molar refractivity (Wildman–Crippen MR) is 71.6 cm³/mol. The van der Waals surface area contributed by atoms with Gasteiger partial charge in [-0.2, -0.15) is 0 Å². The third-order valence-corrected chi connectivity index (χ3v) is 5.03. The van der Waals surface area contributed by atoms with Crippen molar-refractivity contribution in [2.45, 2.75) is 41.0 Å². The number of alkyl halides is 1. The summed E-state index contributed by atoms with van der Waals surface area (Å²) in [6, 6.07) is 0. The highest BCUT2D eigenvalue weighted by molar-refractivity contribution is 9.09. The van der Waals surface area contributed by atoms with Gasteiger partial charge in [-0.25, -0.2) is 0 Å². The lowest BCUT2D eigenvalue weighted by molar-refractivity contribution is 0.194. The molecule has 1 heterocycles. The van der Waals surface area contributed by atoms with E-state index in [1.807, 2.05) is 0 Å². The van der Waals surface area contributed by atoms with E-state index >= 15 is 0 Å². The molecule has 0 aromatic rings. The molecule has 1 saturated heterocycles. The van der Waals surface area contributed by atoms with Gasteiger partial charge in [-0.15, -0.1) is 0 Å². The van der Waals surface area contributed by atoms with Gasteiger partial charge in [-0.1, -0.05) is 50.5 Å². The second kappa shape index (κ2) is 4.75. The van der Waals surface area contributed by atoms with Gasteiger partial charge in [0, 0.05) is 18.4 Å². The summed E-state index contributed by atoms with van der Waals surface area (Å²) in [6.07, 6.45) is 1.38. The lowest BCUT2D eigenvalue weighted by Gasteiger charge is -2.30. The quantitative estimate of drug-likeness (QED) is 0.709.